The highest BCUT2D eigenvalue weighted by molar-refractivity contribution is 5.86. The number of nitrogens with one attached hydrogen (secondary N) is 1. The predicted molar refractivity (Wildman–Crippen MR) is 113 cm³/mol. The molecule has 0 bridgehead atoms. The summed E-state index contributed by atoms with van der Waals surface area (Å²) in [5.41, 5.74) is 0.660. The van der Waals surface area contributed by atoms with Crippen LogP contribution < -0.4 is 5.32 Å². The van der Waals surface area contributed by atoms with E-state index in [-0.39, 0.29) is 6.42 Å². The van der Waals surface area contributed by atoms with Crippen molar-refractivity contribution in [3.05, 3.63) is 71.8 Å². The molecule has 7 nitrogen and oxygen atoms in total. The zero-order valence-electron chi connectivity index (χ0n) is 17.9. The Labute approximate surface area is 181 Å². The molecule has 164 valence electrons. The van der Waals surface area contributed by atoms with Crippen LogP contribution in [-0.2, 0) is 35.0 Å². The maximum absolute atomic E-state index is 13.1. The first-order valence-electron chi connectivity index (χ1n) is 10.1. The van der Waals surface area contributed by atoms with E-state index >= 15 is 0 Å². The van der Waals surface area contributed by atoms with E-state index in [4.69, 9.17) is 9.47 Å². The Morgan fingerprint density at radius 2 is 1.61 bits per heavy atom. The smallest absolute Gasteiger partial charge is 0.346 e. The molecule has 0 aliphatic carbocycles. The summed E-state index contributed by atoms with van der Waals surface area (Å²) in [5, 5.41) is 3.38. The van der Waals surface area contributed by atoms with Gasteiger partial charge in [0.25, 0.3) is 0 Å². The van der Waals surface area contributed by atoms with Crippen molar-refractivity contribution >= 4 is 17.9 Å². The Bertz CT molecular complexity index is 916. The highest BCUT2D eigenvalue weighted by atomic mass is 16.6. The normalized spacial score (nSPS) is 23.6. The third-order valence-corrected chi connectivity index (χ3v) is 5.61. The Morgan fingerprint density at radius 3 is 2.19 bits per heavy atom. The number of rotatable bonds is 7. The molecule has 1 heterocycles. The van der Waals surface area contributed by atoms with E-state index in [0.29, 0.717) is 6.42 Å². The second kappa shape index (κ2) is 9.75. The fourth-order valence-corrected chi connectivity index (χ4v) is 4.10. The number of hydrogen-bond acceptors (Lipinski definition) is 7. The van der Waals surface area contributed by atoms with Crippen molar-refractivity contribution in [1.82, 2.24) is 5.32 Å². The van der Waals surface area contributed by atoms with E-state index in [1.807, 2.05) is 60.7 Å². The molecule has 4 atom stereocenters. The molecular formula is C24H27NO6. The molecule has 0 amide bonds. The molecule has 0 radical (unpaired) electrons. The molecule has 0 aromatic heterocycles. The summed E-state index contributed by atoms with van der Waals surface area (Å²) in [5.74, 6) is -2.36. The maximum atomic E-state index is 13.1. The summed E-state index contributed by atoms with van der Waals surface area (Å²) in [6.45, 7) is 1.46. The highest BCUT2D eigenvalue weighted by Crippen LogP contribution is 2.41. The molecule has 1 saturated heterocycles. The van der Waals surface area contributed by atoms with Crippen LogP contribution in [0.25, 0.3) is 0 Å². The topological polar surface area (TPSA) is 90.9 Å². The van der Waals surface area contributed by atoms with Gasteiger partial charge in [-0.15, -0.1) is 0 Å². The summed E-state index contributed by atoms with van der Waals surface area (Å²) < 4.78 is 15.2. The lowest BCUT2D eigenvalue weighted by Gasteiger charge is -2.28. The average molecular weight is 425 g/mol. The monoisotopic (exact) mass is 425 g/mol. The van der Waals surface area contributed by atoms with Gasteiger partial charge < -0.3 is 14.2 Å². The summed E-state index contributed by atoms with van der Waals surface area (Å²) in [6.07, 6.45) is -0.530. The quantitative estimate of drug-likeness (QED) is 0.539. The highest BCUT2D eigenvalue weighted by Gasteiger charge is 2.54. The van der Waals surface area contributed by atoms with Crippen LogP contribution in [0.5, 0.6) is 0 Å². The lowest BCUT2D eigenvalue weighted by Crippen LogP contribution is -2.50. The Hall–Kier alpha value is -3.19. The SMILES string of the molecule is COC(=O)[C@H](C)OC(=O)[C@@H]1C[C@](Cc2ccccc2)(C(=O)OC)N[C@@H]1c1ccccc1. The van der Waals surface area contributed by atoms with Gasteiger partial charge in [0, 0.05) is 12.5 Å². The summed E-state index contributed by atoms with van der Waals surface area (Å²) in [4.78, 5) is 37.8. The van der Waals surface area contributed by atoms with Crippen LogP contribution >= 0.6 is 0 Å². The molecule has 1 aliphatic rings. The molecule has 1 fully saturated rings. The minimum Gasteiger partial charge on any atom is -0.468 e. The lowest BCUT2D eigenvalue weighted by atomic mass is 9.85. The van der Waals surface area contributed by atoms with Crippen molar-refractivity contribution in [2.24, 2.45) is 5.92 Å². The van der Waals surface area contributed by atoms with Gasteiger partial charge in [-0.3, -0.25) is 14.9 Å². The molecule has 1 N–H and O–H groups in total. The summed E-state index contributed by atoms with van der Waals surface area (Å²) in [7, 11) is 2.57. The largest absolute Gasteiger partial charge is 0.468 e. The first-order valence-corrected chi connectivity index (χ1v) is 10.1. The number of methoxy groups -OCH3 is 2. The zero-order chi connectivity index (χ0) is 22.4. The van der Waals surface area contributed by atoms with Gasteiger partial charge in [0.15, 0.2) is 6.10 Å². The van der Waals surface area contributed by atoms with Crippen molar-refractivity contribution in [2.75, 3.05) is 14.2 Å². The van der Waals surface area contributed by atoms with Gasteiger partial charge in [-0.1, -0.05) is 60.7 Å². The molecule has 2 aromatic carbocycles. The molecule has 0 spiro atoms. The van der Waals surface area contributed by atoms with Crippen molar-refractivity contribution < 1.29 is 28.6 Å². The summed E-state index contributed by atoms with van der Waals surface area (Å²) >= 11 is 0. The number of ether oxygens (including phenoxy) is 3. The van der Waals surface area contributed by atoms with E-state index < -0.39 is 41.5 Å². The fourth-order valence-electron chi connectivity index (χ4n) is 4.10. The third kappa shape index (κ3) is 4.94. The zero-order valence-corrected chi connectivity index (χ0v) is 17.9. The summed E-state index contributed by atoms with van der Waals surface area (Å²) in [6, 6.07) is 18.4. The molecule has 0 saturated carbocycles. The van der Waals surface area contributed by atoms with E-state index in [9.17, 15) is 14.4 Å². The minimum atomic E-state index is -1.12. The van der Waals surface area contributed by atoms with Crippen molar-refractivity contribution in [1.29, 1.82) is 0 Å². The van der Waals surface area contributed by atoms with E-state index in [0.717, 1.165) is 11.1 Å². The van der Waals surface area contributed by atoms with E-state index in [2.05, 4.69) is 10.1 Å². The molecule has 0 unspecified atom stereocenters. The van der Waals surface area contributed by atoms with Gasteiger partial charge in [0.05, 0.1) is 20.1 Å². The molecule has 7 heteroatoms. The van der Waals surface area contributed by atoms with Gasteiger partial charge in [0.1, 0.15) is 5.54 Å². The first-order chi connectivity index (χ1) is 14.9. The second-order valence-corrected chi connectivity index (χ2v) is 7.68. The molecule has 3 rings (SSSR count). The maximum Gasteiger partial charge on any atom is 0.346 e. The van der Waals surface area contributed by atoms with Crippen LogP contribution in [0.2, 0.25) is 0 Å². The number of carbonyl (C=O) groups is 3. The van der Waals surface area contributed by atoms with Crippen LogP contribution in [0.15, 0.2) is 60.7 Å². The molecular weight excluding hydrogens is 398 g/mol. The van der Waals surface area contributed by atoms with Crippen LogP contribution in [0, 0.1) is 5.92 Å². The Kier molecular flexibility index (Phi) is 7.07. The van der Waals surface area contributed by atoms with Crippen LogP contribution in [0.3, 0.4) is 0 Å². The molecule has 1 aliphatic heterocycles. The average Bonchev–Trinajstić information content (AvgIpc) is 3.20. The van der Waals surface area contributed by atoms with E-state index in [1.54, 1.807) is 0 Å². The Morgan fingerprint density at radius 1 is 1.00 bits per heavy atom. The standard InChI is InChI=1S/C24H27NO6/c1-16(21(26)29-2)31-22(27)19-15-24(23(28)30-3,14-17-10-6-4-7-11-17)25-20(19)18-12-8-5-9-13-18/h4-13,16,19-20,25H,14-15H2,1-3H3/t16-,19+,20+,24+/m0/s1. The number of esters is 3. The first kappa shape index (κ1) is 22.5. The fraction of sp³-hybridized carbons (Fsp3) is 0.375. The van der Waals surface area contributed by atoms with Gasteiger partial charge >= 0.3 is 17.9 Å². The van der Waals surface area contributed by atoms with Gasteiger partial charge in [0.2, 0.25) is 0 Å². The van der Waals surface area contributed by atoms with Crippen LogP contribution in [0.4, 0.5) is 0 Å². The van der Waals surface area contributed by atoms with Crippen molar-refractivity contribution in [3.63, 3.8) is 0 Å². The van der Waals surface area contributed by atoms with Crippen molar-refractivity contribution in [3.8, 4) is 0 Å². The van der Waals surface area contributed by atoms with Gasteiger partial charge in [-0.2, -0.15) is 0 Å². The second-order valence-electron chi connectivity index (χ2n) is 7.68. The number of benzene rings is 2. The molecule has 31 heavy (non-hydrogen) atoms. The minimum absolute atomic E-state index is 0.168. The van der Waals surface area contributed by atoms with E-state index in [1.165, 1.54) is 21.1 Å². The van der Waals surface area contributed by atoms with Crippen molar-refractivity contribution in [2.45, 2.75) is 37.5 Å². The van der Waals surface area contributed by atoms with Gasteiger partial charge in [-0.25, -0.2) is 4.79 Å². The van der Waals surface area contributed by atoms with Gasteiger partial charge in [-0.05, 0) is 24.5 Å². The lowest BCUT2D eigenvalue weighted by molar-refractivity contribution is -0.167. The third-order valence-electron chi connectivity index (χ3n) is 5.61. The predicted octanol–water partition coefficient (Wildman–Crippen LogP) is 2.60. The number of hydrogen-bond donors (Lipinski definition) is 1. The molecule has 2 aromatic rings. The Balaban J connectivity index is 1.96. The van der Waals surface area contributed by atoms with Crippen LogP contribution in [0.1, 0.15) is 30.5 Å². The number of carbonyl (C=O) groups excluding carboxylic acids is 3. The van der Waals surface area contributed by atoms with Crippen LogP contribution in [-0.4, -0.2) is 43.8 Å².